The van der Waals surface area contributed by atoms with E-state index in [9.17, 15) is 0 Å². The lowest BCUT2D eigenvalue weighted by atomic mass is 10.1. The van der Waals surface area contributed by atoms with Gasteiger partial charge in [-0.25, -0.2) is 4.99 Å². The van der Waals surface area contributed by atoms with Gasteiger partial charge in [-0.3, -0.25) is 0 Å². The molecule has 0 saturated carbocycles. The summed E-state index contributed by atoms with van der Waals surface area (Å²) >= 11 is 0. The zero-order valence-corrected chi connectivity index (χ0v) is 19.7. The van der Waals surface area contributed by atoms with Crippen LogP contribution < -0.4 is 15.4 Å². The van der Waals surface area contributed by atoms with Crippen LogP contribution in [0.15, 0.2) is 23.2 Å². The highest BCUT2D eigenvalue weighted by atomic mass is 16.5. The maximum Gasteiger partial charge on any atom is 0.191 e. The van der Waals surface area contributed by atoms with Gasteiger partial charge in [0, 0.05) is 38.8 Å². The highest BCUT2D eigenvalue weighted by molar-refractivity contribution is 5.79. The molecule has 1 atom stereocenters. The van der Waals surface area contributed by atoms with Crippen molar-refractivity contribution in [1.82, 2.24) is 25.4 Å². The summed E-state index contributed by atoms with van der Waals surface area (Å²) in [6.45, 7) is 10.7. The average Bonchev–Trinajstić information content (AvgIpc) is 3.41. The number of nitrogens with zero attached hydrogens (tertiary/aromatic N) is 4. The fourth-order valence-electron chi connectivity index (χ4n) is 3.32. The molecule has 2 aromatic rings. The number of guanidine groups is 1. The number of ether oxygens (including phenoxy) is 3. The molecular formula is C23H36N6O3. The van der Waals surface area contributed by atoms with Crippen LogP contribution in [-0.2, 0) is 29.6 Å². The molecule has 0 spiro atoms. The first kappa shape index (κ1) is 24.0. The number of rotatable bonds is 11. The second kappa shape index (κ2) is 12.4. The fourth-order valence-corrected chi connectivity index (χ4v) is 3.32. The minimum atomic E-state index is 0.105. The Morgan fingerprint density at radius 3 is 2.88 bits per heavy atom. The number of nitrogens with one attached hydrogen (secondary N) is 2. The predicted molar refractivity (Wildman–Crippen MR) is 124 cm³/mol. The number of aromatic nitrogens is 3. The Balaban J connectivity index is 1.67. The molecule has 0 amide bonds. The van der Waals surface area contributed by atoms with Gasteiger partial charge < -0.3 is 29.4 Å². The second-order valence-corrected chi connectivity index (χ2v) is 7.93. The van der Waals surface area contributed by atoms with Crippen molar-refractivity contribution in [3.63, 3.8) is 0 Å². The van der Waals surface area contributed by atoms with Crippen LogP contribution in [0, 0.1) is 13.8 Å². The number of benzene rings is 1. The smallest absolute Gasteiger partial charge is 0.191 e. The van der Waals surface area contributed by atoms with E-state index in [1.165, 1.54) is 0 Å². The van der Waals surface area contributed by atoms with E-state index in [1.54, 1.807) is 0 Å². The molecule has 1 fully saturated rings. The molecule has 2 N–H and O–H groups in total. The zero-order chi connectivity index (χ0) is 22.8. The van der Waals surface area contributed by atoms with Gasteiger partial charge >= 0.3 is 0 Å². The standard InChI is InChI=1S/C23H36N6O3/c1-5-30-11-6-10-24-23(26-15-22-28-27-18(3)29(22)4)25-14-19-8-7-17(2)13-21(19)32-20-9-12-31-16-20/h7-8,13,20H,5-6,9-12,14-16H2,1-4H3,(H2,24,25,26). The van der Waals surface area contributed by atoms with Gasteiger partial charge in [0.05, 0.1) is 26.3 Å². The topological polar surface area (TPSA) is 94.8 Å². The molecule has 1 aromatic carbocycles. The minimum absolute atomic E-state index is 0.105. The molecule has 9 heteroatoms. The maximum absolute atomic E-state index is 6.22. The van der Waals surface area contributed by atoms with Crippen LogP contribution in [-0.4, -0.2) is 59.8 Å². The molecule has 9 nitrogen and oxygen atoms in total. The molecule has 176 valence electrons. The van der Waals surface area contributed by atoms with Crippen molar-refractivity contribution in [2.45, 2.75) is 52.8 Å². The molecule has 1 aromatic heterocycles. The number of aliphatic imine (C=N–C) groups is 1. The van der Waals surface area contributed by atoms with E-state index in [0.29, 0.717) is 19.7 Å². The van der Waals surface area contributed by atoms with Gasteiger partial charge in [-0.1, -0.05) is 12.1 Å². The molecule has 1 aliphatic heterocycles. The van der Waals surface area contributed by atoms with Gasteiger partial charge in [-0.15, -0.1) is 10.2 Å². The molecule has 0 radical (unpaired) electrons. The third-order valence-electron chi connectivity index (χ3n) is 5.37. The molecule has 2 heterocycles. The van der Waals surface area contributed by atoms with E-state index < -0.39 is 0 Å². The Bertz CT molecular complexity index is 877. The van der Waals surface area contributed by atoms with Gasteiger partial charge in [0.1, 0.15) is 17.7 Å². The molecule has 32 heavy (non-hydrogen) atoms. The lowest BCUT2D eigenvalue weighted by Crippen LogP contribution is -2.38. The number of hydrogen-bond donors (Lipinski definition) is 2. The summed E-state index contributed by atoms with van der Waals surface area (Å²) in [5.41, 5.74) is 2.21. The van der Waals surface area contributed by atoms with Crippen LogP contribution in [0.4, 0.5) is 0 Å². The van der Waals surface area contributed by atoms with Crippen LogP contribution >= 0.6 is 0 Å². The van der Waals surface area contributed by atoms with Crippen molar-refractivity contribution in [3.8, 4) is 5.75 Å². The van der Waals surface area contributed by atoms with Crippen molar-refractivity contribution in [2.75, 3.05) is 33.0 Å². The summed E-state index contributed by atoms with van der Waals surface area (Å²) in [7, 11) is 1.96. The van der Waals surface area contributed by atoms with E-state index >= 15 is 0 Å². The van der Waals surface area contributed by atoms with Crippen LogP contribution in [0.3, 0.4) is 0 Å². The minimum Gasteiger partial charge on any atom is -0.488 e. The summed E-state index contributed by atoms with van der Waals surface area (Å²) in [5, 5.41) is 15.1. The van der Waals surface area contributed by atoms with Gasteiger partial charge in [0.25, 0.3) is 0 Å². The summed E-state index contributed by atoms with van der Waals surface area (Å²) in [6.07, 6.45) is 1.92. The maximum atomic E-state index is 6.22. The Morgan fingerprint density at radius 2 is 2.16 bits per heavy atom. The quantitative estimate of drug-likeness (QED) is 0.312. The summed E-state index contributed by atoms with van der Waals surface area (Å²) in [5.74, 6) is 3.33. The summed E-state index contributed by atoms with van der Waals surface area (Å²) < 4.78 is 19.1. The molecule has 3 rings (SSSR count). The Morgan fingerprint density at radius 1 is 1.28 bits per heavy atom. The van der Waals surface area contributed by atoms with E-state index in [0.717, 1.165) is 73.7 Å². The molecular weight excluding hydrogens is 408 g/mol. The molecule has 1 saturated heterocycles. The Hall–Kier alpha value is -2.65. The molecule has 0 aliphatic carbocycles. The first-order chi connectivity index (χ1) is 15.6. The van der Waals surface area contributed by atoms with Gasteiger partial charge in [-0.2, -0.15) is 0 Å². The Kier molecular flexibility index (Phi) is 9.30. The van der Waals surface area contributed by atoms with Gasteiger partial charge in [-0.05, 0) is 38.8 Å². The van der Waals surface area contributed by atoms with Crippen molar-refractivity contribution in [1.29, 1.82) is 0 Å². The largest absolute Gasteiger partial charge is 0.488 e. The van der Waals surface area contributed by atoms with E-state index in [4.69, 9.17) is 19.2 Å². The van der Waals surface area contributed by atoms with Crippen molar-refractivity contribution < 1.29 is 14.2 Å². The van der Waals surface area contributed by atoms with Crippen LogP contribution in [0.2, 0.25) is 0 Å². The van der Waals surface area contributed by atoms with E-state index in [1.807, 2.05) is 25.5 Å². The van der Waals surface area contributed by atoms with Gasteiger partial charge in [0.2, 0.25) is 0 Å². The highest BCUT2D eigenvalue weighted by Gasteiger charge is 2.18. The first-order valence-electron chi connectivity index (χ1n) is 11.4. The fraction of sp³-hybridized carbons (Fsp3) is 0.609. The average molecular weight is 445 g/mol. The van der Waals surface area contributed by atoms with Crippen LogP contribution in [0.5, 0.6) is 5.75 Å². The SMILES string of the molecule is CCOCCCNC(=NCc1ccc(C)cc1OC1CCOC1)NCc1nnc(C)n1C. The number of hydrogen-bond acceptors (Lipinski definition) is 6. The third kappa shape index (κ3) is 7.20. The first-order valence-corrected chi connectivity index (χ1v) is 11.4. The second-order valence-electron chi connectivity index (χ2n) is 7.93. The molecule has 0 bridgehead atoms. The Labute approximate surface area is 190 Å². The molecule has 1 unspecified atom stereocenters. The lowest BCUT2D eigenvalue weighted by molar-refractivity contribution is 0.140. The summed E-state index contributed by atoms with van der Waals surface area (Å²) in [4.78, 5) is 4.81. The normalized spacial score (nSPS) is 16.4. The zero-order valence-electron chi connectivity index (χ0n) is 19.7. The predicted octanol–water partition coefficient (Wildman–Crippen LogP) is 2.26. The van der Waals surface area contributed by atoms with Crippen LogP contribution in [0.1, 0.15) is 42.5 Å². The highest BCUT2D eigenvalue weighted by Crippen LogP contribution is 2.24. The van der Waals surface area contributed by atoms with E-state index in [2.05, 4.69) is 46.0 Å². The summed E-state index contributed by atoms with van der Waals surface area (Å²) in [6, 6.07) is 6.25. The van der Waals surface area contributed by atoms with Crippen LogP contribution in [0.25, 0.3) is 0 Å². The third-order valence-corrected chi connectivity index (χ3v) is 5.37. The monoisotopic (exact) mass is 444 g/mol. The van der Waals surface area contributed by atoms with Gasteiger partial charge in [0.15, 0.2) is 11.8 Å². The number of aryl methyl sites for hydroxylation is 2. The van der Waals surface area contributed by atoms with Crippen molar-refractivity contribution >= 4 is 5.96 Å². The lowest BCUT2D eigenvalue weighted by Gasteiger charge is -2.16. The van der Waals surface area contributed by atoms with Crippen molar-refractivity contribution in [2.24, 2.45) is 12.0 Å². The molecule has 1 aliphatic rings. The van der Waals surface area contributed by atoms with E-state index in [-0.39, 0.29) is 6.10 Å². The van der Waals surface area contributed by atoms with Crippen molar-refractivity contribution in [3.05, 3.63) is 41.0 Å².